The highest BCUT2D eigenvalue weighted by atomic mass is 32.2. The standard InChI is InChI=1S/C21H26N6OS/c1-16(23)18(12-22)19(28)15-29-21-25-24-20(14-26-10-6-3-7-11-26)27(21)13-17-8-4-2-5-9-17/h2,4-5,8-9H,3,6-7,10-11,13-15,23H2,1H3/b18-16+. The fraction of sp³-hybridized carbons (Fsp3) is 0.429. The first-order valence-electron chi connectivity index (χ1n) is 9.79. The van der Waals surface area contributed by atoms with E-state index in [0.717, 1.165) is 31.0 Å². The van der Waals surface area contributed by atoms with Gasteiger partial charge in [0.1, 0.15) is 17.5 Å². The zero-order valence-corrected chi connectivity index (χ0v) is 17.5. The van der Waals surface area contributed by atoms with Crippen molar-refractivity contribution in [2.24, 2.45) is 5.73 Å². The lowest BCUT2D eigenvalue weighted by atomic mass is 10.1. The lowest BCUT2D eigenvalue weighted by molar-refractivity contribution is -0.112. The Labute approximate surface area is 175 Å². The molecule has 1 aromatic heterocycles. The summed E-state index contributed by atoms with van der Waals surface area (Å²) in [7, 11) is 0. The number of hydrogen-bond acceptors (Lipinski definition) is 7. The molecule has 2 N–H and O–H groups in total. The number of thioether (sulfide) groups is 1. The van der Waals surface area contributed by atoms with Crippen molar-refractivity contribution in [2.75, 3.05) is 18.8 Å². The van der Waals surface area contributed by atoms with Crippen LogP contribution >= 0.6 is 11.8 Å². The molecule has 2 heterocycles. The summed E-state index contributed by atoms with van der Waals surface area (Å²) in [5.41, 5.74) is 7.05. The molecule has 0 bridgehead atoms. The lowest BCUT2D eigenvalue weighted by Gasteiger charge is -2.26. The van der Waals surface area contributed by atoms with Crippen LogP contribution in [0.15, 0.2) is 46.8 Å². The average molecular weight is 411 g/mol. The Morgan fingerprint density at radius 2 is 1.90 bits per heavy atom. The van der Waals surface area contributed by atoms with Gasteiger partial charge in [0, 0.05) is 5.70 Å². The van der Waals surface area contributed by atoms with Crippen molar-refractivity contribution in [2.45, 2.75) is 44.4 Å². The normalized spacial score (nSPS) is 15.6. The van der Waals surface area contributed by atoms with E-state index in [-0.39, 0.29) is 22.8 Å². The van der Waals surface area contributed by atoms with Crippen molar-refractivity contribution >= 4 is 17.5 Å². The summed E-state index contributed by atoms with van der Waals surface area (Å²) in [6, 6.07) is 12.0. The number of nitriles is 1. The van der Waals surface area contributed by atoms with Crippen LogP contribution in [0.4, 0.5) is 0 Å². The summed E-state index contributed by atoms with van der Waals surface area (Å²) in [6.45, 7) is 5.11. The molecule has 29 heavy (non-hydrogen) atoms. The zero-order valence-electron chi connectivity index (χ0n) is 16.7. The van der Waals surface area contributed by atoms with E-state index in [0.29, 0.717) is 11.7 Å². The Bertz CT molecular complexity index is 905. The molecule has 0 unspecified atom stereocenters. The second-order valence-corrected chi connectivity index (χ2v) is 8.13. The number of rotatable bonds is 8. The molecule has 0 radical (unpaired) electrons. The molecular formula is C21H26N6OS. The van der Waals surface area contributed by atoms with E-state index in [4.69, 9.17) is 11.0 Å². The van der Waals surface area contributed by atoms with Crippen molar-refractivity contribution in [3.05, 3.63) is 53.0 Å². The van der Waals surface area contributed by atoms with Crippen molar-refractivity contribution in [3.63, 3.8) is 0 Å². The minimum absolute atomic E-state index is 0.0140. The van der Waals surface area contributed by atoms with E-state index >= 15 is 0 Å². The second-order valence-electron chi connectivity index (χ2n) is 7.19. The van der Waals surface area contributed by atoms with E-state index in [2.05, 4.69) is 31.8 Å². The van der Waals surface area contributed by atoms with Crippen LogP contribution in [0.2, 0.25) is 0 Å². The van der Waals surface area contributed by atoms with Crippen LogP contribution in [0, 0.1) is 11.3 Å². The van der Waals surface area contributed by atoms with Gasteiger partial charge in [0.15, 0.2) is 10.9 Å². The number of carbonyl (C=O) groups excluding carboxylic acids is 1. The summed E-state index contributed by atoms with van der Waals surface area (Å²) < 4.78 is 2.08. The van der Waals surface area contributed by atoms with E-state index in [9.17, 15) is 4.79 Å². The van der Waals surface area contributed by atoms with Crippen LogP contribution in [0.3, 0.4) is 0 Å². The third-order valence-electron chi connectivity index (χ3n) is 4.91. The first kappa shape index (κ1) is 21.1. The molecule has 0 aliphatic carbocycles. The SMILES string of the molecule is C/C(N)=C(/C#N)C(=O)CSc1nnc(CN2CCCCC2)n1Cc1ccccc1. The molecular weight excluding hydrogens is 384 g/mol. The summed E-state index contributed by atoms with van der Waals surface area (Å²) in [5, 5.41) is 18.6. The van der Waals surface area contributed by atoms with E-state index in [1.165, 1.54) is 31.0 Å². The molecule has 0 atom stereocenters. The summed E-state index contributed by atoms with van der Waals surface area (Å²) in [5.74, 6) is 0.717. The van der Waals surface area contributed by atoms with Gasteiger partial charge in [-0.1, -0.05) is 48.5 Å². The van der Waals surface area contributed by atoms with Crippen LogP contribution in [-0.2, 0) is 17.9 Å². The number of allylic oxidation sites excluding steroid dienone is 2. The molecule has 1 saturated heterocycles. The Hall–Kier alpha value is -2.63. The number of ketones is 1. The van der Waals surface area contributed by atoms with Gasteiger partial charge in [-0.2, -0.15) is 5.26 Å². The Balaban J connectivity index is 1.79. The van der Waals surface area contributed by atoms with Crippen LogP contribution in [0.25, 0.3) is 0 Å². The molecule has 1 aromatic carbocycles. The van der Waals surface area contributed by atoms with E-state index in [1.54, 1.807) is 6.92 Å². The molecule has 3 rings (SSSR count). The topological polar surface area (TPSA) is 101 Å². The van der Waals surface area contributed by atoms with Crippen LogP contribution < -0.4 is 5.73 Å². The Morgan fingerprint density at radius 1 is 1.17 bits per heavy atom. The first-order chi connectivity index (χ1) is 14.1. The average Bonchev–Trinajstić information content (AvgIpc) is 3.09. The van der Waals surface area contributed by atoms with E-state index in [1.807, 2.05) is 24.3 Å². The number of benzene rings is 1. The van der Waals surface area contributed by atoms with Gasteiger partial charge in [-0.15, -0.1) is 10.2 Å². The van der Waals surface area contributed by atoms with Gasteiger partial charge in [-0.3, -0.25) is 9.69 Å². The monoisotopic (exact) mass is 410 g/mol. The number of aromatic nitrogens is 3. The maximum absolute atomic E-state index is 12.3. The molecule has 7 nitrogen and oxygen atoms in total. The highest BCUT2D eigenvalue weighted by Crippen LogP contribution is 2.22. The molecule has 152 valence electrons. The predicted molar refractivity (Wildman–Crippen MR) is 113 cm³/mol. The van der Waals surface area contributed by atoms with Crippen molar-refractivity contribution in [3.8, 4) is 6.07 Å². The summed E-state index contributed by atoms with van der Waals surface area (Å²) in [4.78, 5) is 14.7. The molecule has 1 aliphatic heterocycles. The maximum atomic E-state index is 12.3. The van der Waals surface area contributed by atoms with Gasteiger partial charge in [0.25, 0.3) is 0 Å². The molecule has 0 spiro atoms. The quantitative estimate of drug-likeness (QED) is 0.406. The molecule has 1 fully saturated rings. The number of carbonyl (C=O) groups is 1. The Kier molecular flexibility index (Phi) is 7.44. The zero-order chi connectivity index (χ0) is 20.6. The summed E-state index contributed by atoms with van der Waals surface area (Å²) in [6.07, 6.45) is 3.71. The van der Waals surface area contributed by atoms with Gasteiger partial charge in [-0.05, 0) is 38.4 Å². The Morgan fingerprint density at radius 3 is 2.55 bits per heavy atom. The third kappa shape index (κ3) is 5.68. The fourth-order valence-corrected chi connectivity index (χ4v) is 4.19. The molecule has 1 aliphatic rings. The number of nitrogens with two attached hydrogens (primary N) is 1. The van der Waals surface area contributed by atoms with E-state index < -0.39 is 0 Å². The second kappa shape index (κ2) is 10.2. The van der Waals surface area contributed by atoms with Crippen LogP contribution in [0.5, 0.6) is 0 Å². The first-order valence-corrected chi connectivity index (χ1v) is 10.8. The maximum Gasteiger partial charge on any atom is 0.192 e. The third-order valence-corrected chi connectivity index (χ3v) is 5.87. The molecule has 2 aromatic rings. The van der Waals surface area contributed by atoms with Gasteiger partial charge in [0.2, 0.25) is 0 Å². The summed E-state index contributed by atoms with van der Waals surface area (Å²) >= 11 is 1.30. The van der Waals surface area contributed by atoms with Crippen LogP contribution in [-0.4, -0.2) is 44.3 Å². The van der Waals surface area contributed by atoms with Gasteiger partial charge >= 0.3 is 0 Å². The van der Waals surface area contributed by atoms with Crippen molar-refractivity contribution in [1.82, 2.24) is 19.7 Å². The lowest BCUT2D eigenvalue weighted by Crippen LogP contribution is -2.30. The predicted octanol–water partition coefficient (Wildman–Crippen LogP) is 2.73. The number of nitrogens with zero attached hydrogens (tertiary/aromatic N) is 5. The minimum atomic E-state index is -0.288. The number of Topliss-reactive ketones (excluding diaryl/α,β-unsaturated/α-hetero) is 1. The van der Waals surface area contributed by atoms with Crippen molar-refractivity contribution in [1.29, 1.82) is 5.26 Å². The largest absolute Gasteiger partial charge is 0.401 e. The van der Waals surface area contributed by atoms with Gasteiger partial charge < -0.3 is 10.3 Å². The molecule has 8 heteroatoms. The van der Waals surface area contributed by atoms with Crippen molar-refractivity contribution < 1.29 is 4.79 Å². The minimum Gasteiger partial charge on any atom is -0.401 e. The smallest absolute Gasteiger partial charge is 0.192 e. The highest BCUT2D eigenvalue weighted by Gasteiger charge is 2.20. The number of hydrogen-bond donors (Lipinski definition) is 1. The van der Waals surface area contributed by atoms with Gasteiger partial charge in [0.05, 0.1) is 18.8 Å². The van der Waals surface area contributed by atoms with Gasteiger partial charge in [-0.25, -0.2) is 0 Å². The molecule has 0 amide bonds. The molecule has 0 saturated carbocycles. The number of piperidine rings is 1. The number of likely N-dealkylation sites (tertiary alicyclic amines) is 1. The highest BCUT2D eigenvalue weighted by molar-refractivity contribution is 7.99. The van der Waals surface area contributed by atoms with Crippen LogP contribution in [0.1, 0.15) is 37.6 Å². The fourth-order valence-electron chi connectivity index (χ4n) is 3.36.